The van der Waals surface area contributed by atoms with Gasteiger partial charge in [0, 0.05) is 13.2 Å². The van der Waals surface area contributed by atoms with Gasteiger partial charge in [0.05, 0.1) is 0 Å². The SMILES string of the molecule is CCCCCCCCCOCCCCCCCCC.FC(F)(F)CC(F)(F)[C](F)(F)[Sn][C](F)(F)C(F)(F)CC(F)(F)F. The fourth-order valence-electron chi connectivity index (χ4n) is 3.53. The van der Waals surface area contributed by atoms with E-state index >= 15 is 0 Å². The summed E-state index contributed by atoms with van der Waals surface area (Å²) in [4.78, 5) is 0. The molecular weight excluding hydrogens is 713 g/mol. The average Bonchev–Trinajstić information content (AvgIpc) is 2.78. The van der Waals surface area contributed by atoms with E-state index in [2.05, 4.69) is 13.8 Å². The van der Waals surface area contributed by atoms with Crippen LogP contribution in [0.4, 0.5) is 61.5 Å². The Morgan fingerprint density at radius 3 is 0.929 bits per heavy atom. The van der Waals surface area contributed by atoms with Crippen molar-refractivity contribution in [3.05, 3.63) is 0 Å². The van der Waals surface area contributed by atoms with Crippen LogP contribution in [0.15, 0.2) is 0 Å². The third-order valence-corrected chi connectivity index (χ3v) is 9.74. The van der Waals surface area contributed by atoms with Crippen LogP contribution in [0.3, 0.4) is 0 Å². The van der Waals surface area contributed by atoms with Crippen molar-refractivity contribution < 1.29 is 66.2 Å². The fourth-order valence-corrected chi connectivity index (χ4v) is 6.20. The second kappa shape index (κ2) is 20.7. The van der Waals surface area contributed by atoms with Crippen LogP contribution in [0.2, 0.25) is 0 Å². The molecule has 0 aromatic rings. The normalized spacial score (nSPS) is 13.7. The van der Waals surface area contributed by atoms with Crippen LogP contribution >= 0.6 is 0 Å². The molecule has 0 spiro atoms. The number of hydrogen-bond donors (Lipinski definition) is 0. The molecule has 0 aliphatic carbocycles. The molecular formula is C26H42F14OSn. The number of ether oxygens (including phenoxy) is 1. The Hall–Kier alpha value is -0.221. The number of halogens is 14. The molecule has 0 aromatic heterocycles. The Labute approximate surface area is 249 Å². The van der Waals surface area contributed by atoms with E-state index in [-0.39, 0.29) is 0 Å². The molecule has 0 aliphatic rings. The van der Waals surface area contributed by atoms with E-state index in [9.17, 15) is 61.5 Å². The van der Waals surface area contributed by atoms with Gasteiger partial charge < -0.3 is 4.74 Å². The van der Waals surface area contributed by atoms with Gasteiger partial charge in [-0.3, -0.25) is 0 Å². The summed E-state index contributed by atoms with van der Waals surface area (Å²) in [5, 5.41) is 0. The first kappa shape index (κ1) is 43.9. The second-order valence-corrected chi connectivity index (χ2v) is 14.4. The van der Waals surface area contributed by atoms with E-state index in [4.69, 9.17) is 4.74 Å². The van der Waals surface area contributed by atoms with Crippen molar-refractivity contribution in [2.75, 3.05) is 13.2 Å². The molecule has 0 aromatic carbocycles. The monoisotopic (exact) mass is 756 g/mol. The summed E-state index contributed by atoms with van der Waals surface area (Å²) < 4.78 is 166. The first-order valence-corrected chi connectivity index (χ1v) is 16.9. The minimum absolute atomic E-state index is 0.990. The maximum absolute atomic E-state index is 12.9. The summed E-state index contributed by atoms with van der Waals surface area (Å²) in [5.41, 5.74) is 0. The first-order chi connectivity index (χ1) is 19.0. The molecule has 0 unspecified atom stereocenters. The van der Waals surface area contributed by atoms with Gasteiger partial charge in [0.2, 0.25) is 0 Å². The summed E-state index contributed by atoms with van der Waals surface area (Å²) >= 11 is -5.79. The van der Waals surface area contributed by atoms with Crippen molar-refractivity contribution in [2.24, 2.45) is 0 Å². The zero-order valence-electron chi connectivity index (χ0n) is 23.9. The molecule has 0 saturated heterocycles. The van der Waals surface area contributed by atoms with Gasteiger partial charge in [-0.2, -0.15) is 0 Å². The van der Waals surface area contributed by atoms with E-state index in [1.165, 1.54) is 89.9 Å². The first-order valence-electron chi connectivity index (χ1n) is 14.1. The Kier molecular flexibility index (Phi) is 21.7. The quantitative estimate of drug-likeness (QED) is 0.0608. The summed E-state index contributed by atoms with van der Waals surface area (Å²) in [6, 6.07) is 0. The van der Waals surface area contributed by atoms with E-state index in [0.29, 0.717) is 0 Å². The summed E-state index contributed by atoms with van der Waals surface area (Å²) in [5.74, 6) is -12.3. The molecule has 0 bridgehead atoms. The van der Waals surface area contributed by atoms with E-state index in [1.54, 1.807) is 0 Å². The average molecular weight is 755 g/mol. The van der Waals surface area contributed by atoms with Gasteiger partial charge in [-0.15, -0.1) is 0 Å². The van der Waals surface area contributed by atoms with Gasteiger partial charge in [0.15, 0.2) is 0 Å². The standard InChI is InChI=1S/C18H38O.2C4H2F7.Sn/c1-3-5-7-9-11-13-15-17-19-18-16-14-12-10-8-6-4-2;2*5-2(6)3(7,8)1-4(9,10)11;/h3-18H2,1-2H3;2*1H2;. The topological polar surface area (TPSA) is 9.23 Å². The maximum atomic E-state index is 12.9. The molecule has 0 fully saturated rings. The van der Waals surface area contributed by atoms with Crippen molar-refractivity contribution in [3.8, 4) is 0 Å². The van der Waals surface area contributed by atoms with Crippen LogP contribution in [0.25, 0.3) is 0 Å². The van der Waals surface area contributed by atoms with E-state index in [1.807, 2.05) is 0 Å². The minimum atomic E-state index is -6.16. The molecule has 0 heterocycles. The molecule has 1 nitrogen and oxygen atoms in total. The molecule has 16 heteroatoms. The zero-order chi connectivity index (χ0) is 33.1. The van der Waals surface area contributed by atoms with Crippen LogP contribution in [0, 0.1) is 0 Å². The third-order valence-electron chi connectivity index (χ3n) is 5.86. The van der Waals surface area contributed by atoms with E-state index < -0.39 is 66.1 Å². The molecule has 0 saturated carbocycles. The molecule has 0 N–H and O–H groups in total. The Balaban J connectivity index is 0. The predicted octanol–water partition coefficient (Wildman–Crippen LogP) is 11.6. The van der Waals surface area contributed by atoms with Gasteiger partial charge in [-0.25, -0.2) is 0 Å². The molecule has 2 radical (unpaired) electrons. The molecule has 254 valence electrons. The Morgan fingerprint density at radius 1 is 0.405 bits per heavy atom. The fraction of sp³-hybridized carbons (Fsp3) is 1.00. The van der Waals surface area contributed by atoms with Crippen LogP contribution in [0.1, 0.15) is 117 Å². The molecule has 0 amide bonds. The van der Waals surface area contributed by atoms with Crippen LogP contribution in [-0.4, -0.2) is 66.4 Å². The zero-order valence-corrected chi connectivity index (χ0v) is 26.8. The summed E-state index contributed by atoms with van der Waals surface area (Å²) in [6.45, 7) is 6.53. The van der Waals surface area contributed by atoms with Gasteiger partial charge >= 0.3 is 128 Å². The van der Waals surface area contributed by atoms with Crippen LogP contribution < -0.4 is 0 Å². The van der Waals surface area contributed by atoms with Crippen LogP contribution in [-0.2, 0) is 4.74 Å². The van der Waals surface area contributed by atoms with Crippen molar-refractivity contribution >= 4 is 21.1 Å². The summed E-state index contributed by atoms with van der Waals surface area (Å²) in [6.07, 6.45) is 0.263. The van der Waals surface area contributed by atoms with Crippen molar-refractivity contribution in [1.29, 1.82) is 0 Å². The van der Waals surface area contributed by atoms with Gasteiger partial charge in [-0.1, -0.05) is 90.9 Å². The van der Waals surface area contributed by atoms with E-state index in [0.717, 1.165) is 13.2 Å². The number of rotatable bonds is 22. The van der Waals surface area contributed by atoms with Crippen molar-refractivity contribution in [3.63, 3.8) is 0 Å². The summed E-state index contributed by atoms with van der Waals surface area (Å²) in [7, 11) is 0. The van der Waals surface area contributed by atoms with Crippen LogP contribution in [0.5, 0.6) is 0 Å². The number of hydrogen-bond acceptors (Lipinski definition) is 1. The molecule has 0 atom stereocenters. The molecule has 0 rings (SSSR count). The second-order valence-electron chi connectivity index (χ2n) is 10.1. The number of alkyl halides is 14. The van der Waals surface area contributed by atoms with Crippen molar-refractivity contribution in [2.45, 2.75) is 149 Å². The third kappa shape index (κ3) is 22.3. The number of unbranched alkanes of at least 4 members (excludes halogenated alkanes) is 12. The predicted molar refractivity (Wildman–Crippen MR) is 134 cm³/mol. The molecule has 0 aliphatic heterocycles. The van der Waals surface area contributed by atoms with Gasteiger partial charge in [0.25, 0.3) is 0 Å². The van der Waals surface area contributed by atoms with Gasteiger partial charge in [-0.05, 0) is 12.8 Å². The van der Waals surface area contributed by atoms with Gasteiger partial charge in [0.1, 0.15) is 0 Å². The Bertz CT molecular complexity index is 612. The molecule has 42 heavy (non-hydrogen) atoms. The Morgan fingerprint density at radius 2 is 0.667 bits per heavy atom. The van der Waals surface area contributed by atoms with Crippen molar-refractivity contribution in [1.82, 2.24) is 0 Å².